The normalized spacial score (nSPS) is 19.9. The fraction of sp³-hybridized carbons (Fsp3) is 0.846. The van der Waals surface area contributed by atoms with Crippen molar-refractivity contribution in [2.45, 2.75) is 52.0 Å². The predicted molar refractivity (Wildman–Crippen MR) is 69.0 cm³/mol. The summed E-state index contributed by atoms with van der Waals surface area (Å²) >= 11 is 0. The van der Waals surface area contributed by atoms with Crippen molar-refractivity contribution < 1.29 is 14.3 Å². The van der Waals surface area contributed by atoms with Crippen LogP contribution in [-0.4, -0.2) is 36.1 Å². The van der Waals surface area contributed by atoms with Crippen LogP contribution in [0.4, 0.5) is 4.79 Å². The molecule has 0 spiro atoms. The standard InChI is InChI=1S/C13H24N2O3/c1-10(2)9-18-13(17)15-8-4-3-5-11(15)6-7-12(14)16/h10-11H,3-9H2,1-2H3,(H2,14,16). The van der Waals surface area contributed by atoms with Crippen LogP contribution in [0.15, 0.2) is 0 Å². The van der Waals surface area contributed by atoms with Crippen LogP contribution in [0.1, 0.15) is 46.0 Å². The van der Waals surface area contributed by atoms with E-state index in [0.29, 0.717) is 25.4 Å². The Balaban J connectivity index is 2.47. The van der Waals surface area contributed by atoms with Crippen LogP contribution in [0.3, 0.4) is 0 Å². The summed E-state index contributed by atoms with van der Waals surface area (Å²) in [7, 11) is 0. The maximum atomic E-state index is 11.9. The number of rotatable bonds is 5. The molecule has 0 aromatic rings. The zero-order valence-electron chi connectivity index (χ0n) is 11.4. The number of nitrogens with zero attached hydrogens (tertiary/aromatic N) is 1. The fourth-order valence-electron chi connectivity index (χ4n) is 2.17. The number of amides is 2. The second kappa shape index (κ2) is 7.24. The lowest BCUT2D eigenvalue weighted by Gasteiger charge is -2.35. The molecule has 2 amide bonds. The van der Waals surface area contributed by atoms with Gasteiger partial charge in [-0.3, -0.25) is 4.79 Å². The Morgan fingerprint density at radius 3 is 2.72 bits per heavy atom. The van der Waals surface area contributed by atoms with Gasteiger partial charge in [-0.05, 0) is 31.6 Å². The maximum Gasteiger partial charge on any atom is 0.410 e. The number of nitrogens with two attached hydrogens (primary N) is 1. The van der Waals surface area contributed by atoms with Crippen LogP contribution in [0.25, 0.3) is 0 Å². The number of carbonyl (C=O) groups is 2. The zero-order valence-corrected chi connectivity index (χ0v) is 11.4. The molecule has 0 aromatic heterocycles. The molecule has 18 heavy (non-hydrogen) atoms. The molecule has 1 heterocycles. The van der Waals surface area contributed by atoms with Gasteiger partial charge in [-0.15, -0.1) is 0 Å². The van der Waals surface area contributed by atoms with Gasteiger partial charge in [0.25, 0.3) is 0 Å². The Morgan fingerprint density at radius 2 is 2.11 bits per heavy atom. The minimum Gasteiger partial charge on any atom is -0.449 e. The summed E-state index contributed by atoms with van der Waals surface area (Å²) < 4.78 is 5.25. The predicted octanol–water partition coefficient (Wildman–Crippen LogP) is 1.90. The van der Waals surface area contributed by atoms with Crippen molar-refractivity contribution in [1.82, 2.24) is 4.90 Å². The lowest BCUT2D eigenvalue weighted by molar-refractivity contribution is -0.118. The molecule has 5 heteroatoms. The Bertz CT molecular complexity index is 292. The van der Waals surface area contributed by atoms with Gasteiger partial charge in [-0.2, -0.15) is 0 Å². The van der Waals surface area contributed by atoms with Crippen molar-refractivity contribution in [3.63, 3.8) is 0 Å². The second-order valence-electron chi connectivity index (χ2n) is 5.32. The molecule has 0 aromatic carbocycles. The molecule has 2 N–H and O–H groups in total. The monoisotopic (exact) mass is 256 g/mol. The van der Waals surface area contributed by atoms with E-state index in [9.17, 15) is 9.59 Å². The zero-order chi connectivity index (χ0) is 13.5. The number of carbonyl (C=O) groups excluding carboxylic acids is 2. The van der Waals surface area contributed by atoms with Crippen LogP contribution >= 0.6 is 0 Å². The molecule has 1 aliphatic rings. The average molecular weight is 256 g/mol. The summed E-state index contributed by atoms with van der Waals surface area (Å²) in [6, 6.07) is 0.103. The summed E-state index contributed by atoms with van der Waals surface area (Å²) in [5.41, 5.74) is 5.16. The van der Waals surface area contributed by atoms with Crippen molar-refractivity contribution in [2.75, 3.05) is 13.2 Å². The quantitative estimate of drug-likeness (QED) is 0.816. The van der Waals surface area contributed by atoms with Crippen LogP contribution in [0, 0.1) is 5.92 Å². The van der Waals surface area contributed by atoms with E-state index in [1.807, 2.05) is 13.8 Å². The van der Waals surface area contributed by atoms with Crippen molar-refractivity contribution in [3.8, 4) is 0 Å². The minimum absolute atomic E-state index is 0.103. The molecule has 0 bridgehead atoms. The molecule has 0 saturated carbocycles. The first-order chi connectivity index (χ1) is 8.50. The number of hydrogen-bond donors (Lipinski definition) is 1. The number of likely N-dealkylation sites (tertiary alicyclic amines) is 1. The van der Waals surface area contributed by atoms with Gasteiger partial charge >= 0.3 is 6.09 Å². The molecule has 1 aliphatic heterocycles. The van der Waals surface area contributed by atoms with Gasteiger partial charge in [0.15, 0.2) is 0 Å². The van der Waals surface area contributed by atoms with Gasteiger partial charge in [0.05, 0.1) is 6.61 Å². The van der Waals surface area contributed by atoms with Crippen molar-refractivity contribution in [2.24, 2.45) is 11.7 Å². The summed E-state index contributed by atoms with van der Waals surface area (Å²) in [6.45, 7) is 5.18. The summed E-state index contributed by atoms with van der Waals surface area (Å²) in [5, 5.41) is 0. The smallest absolute Gasteiger partial charge is 0.410 e. The first-order valence-electron chi connectivity index (χ1n) is 6.72. The molecular formula is C13H24N2O3. The average Bonchev–Trinajstić information content (AvgIpc) is 2.33. The SMILES string of the molecule is CC(C)COC(=O)N1CCCCC1CCC(N)=O. The van der Waals surface area contributed by atoms with E-state index >= 15 is 0 Å². The molecule has 1 atom stereocenters. The van der Waals surface area contributed by atoms with Gasteiger partial charge in [0.2, 0.25) is 5.91 Å². The Labute approximate surface area is 109 Å². The van der Waals surface area contributed by atoms with E-state index in [4.69, 9.17) is 10.5 Å². The lowest BCUT2D eigenvalue weighted by atomic mass is 9.98. The molecule has 5 nitrogen and oxygen atoms in total. The fourth-order valence-corrected chi connectivity index (χ4v) is 2.17. The van der Waals surface area contributed by atoms with E-state index in [2.05, 4.69) is 0 Å². The van der Waals surface area contributed by atoms with E-state index in [1.54, 1.807) is 4.90 Å². The third-order valence-corrected chi connectivity index (χ3v) is 3.13. The van der Waals surface area contributed by atoms with Crippen molar-refractivity contribution >= 4 is 12.0 Å². The lowest BCUT2D eigenvalue weighted by Crippen LogP contribution is -2.44. The maximum absolute atomic E-state index is 11.9. The first-order valence-corrected chi connectivity index (χ1v) is 6.72. The van der Waals surface area contributed by atoms with Gasteiger partial charge in [-0.25, -0.2) is 4.79 Å². The van der Waals surface area contributed by atoms with E-state index in [-0.39, 0.29) is 18.0 Å². The summed E-state index contributed by atoms with van der Waals surface area (Å²) in [4.78, 5) is 24.5. The highest BCUT2D eigenvalue weighted by molar-refractivity contribution is 5.74. The summed E-state index contributed by atoms with van der Waals surface area (Å²) in [5.74, 6) is 0.0267. The Kier molecular flexibility index (Phi) is 5.95. The van der Waals surface area contributed by atoms with Crippen LogP contribution in [-0.2, 0) is 9.53 Å². The molecule has 1 rings (SSSR count). The molecule has 0 radical (unpaired) electrons. The van der Waals surface area contributed by atoms with Crippen molar-refractivity contribution in [1.29, 1.82) is 0 Å². The van der Waals surface area contributed by atoms with Gasteiger partial charge in [0, 0.05) is 19.0 Å². The van der Waals surface area contributed by atoms with Gasteiger partial charge in [0.1, 0.15) is 0 Å². The van der Waals surface area contributed by atoms with Gasteiger partial charge < -0.3 is 15.4 Å². The van der Waals surface area contributed by atoms with Crippen LogP contribution < -0.4 is 5.73 Å². The van der Waals surface area contributed by atoms with Crippen LogP contribution in [0.5, 0.6) is 0 Å². The molecule has 1 fully saturated rings. The minimum atomic E-state index is -0.309. The highest BCUT2D eigenvalue weighted by atomic mass is 16.6. The number of primary amides is 1. The molecule has 104 valence electrons. The molecule has 1 unspecified atom stereocenters. The van der Waals surface area contributed by atoms with Crippen LogP contribution in [0.2, 0.25) is 0 Å². The number of hydrogen-bond acceptors (Lipinski definition) is 3. The van der Waals surface area contributed by atoms with Crippen molar-refractivity contribution in [3.05, 3.63) is 0 Å². The Hall–Kier alpha value is -1.26. The van der Waals surface area contributed by atoms with Gasteiger partial charge in [-0.1, -0.05) is 13.8 Å². The number of ether oxygens (including phenoxy) is 1. The molecule has 1 saturated heterocycles. The largest absolute Gasteiger partial charge is 0.449 e. The topological polar surface area (TPSA) is 72.6 Å². The van der Waals surface area contributed by atoms with E-state index in [1.165, 1.54) is 0 Å². The first kappa shape index (κ1) is 14.8. The molecular weight excluding hydrogens is 232 g/mol. The second-order valence-corrected chi connectivity index (χ2v) is 5.32. The highest BCUT2D eigenvalue weighted by Crippen LogP contribution is 2.21. The van der Waals surface area contributed by atoms with E-state index in [0.717, 1.165) is 25.8 Å². The third-order valence-electron chi connectivity index (χ3n) is 3.13. The highest BCUT2D eigenvalue weighted by Gasteiger charge is 2.27. The van der Waals surface area contributed by atoms with E-state index < -0.39 is 0 Å². The number of piperidine rings is 1. The molecule has 0 aliphatic carbocycles. The Morgan fingerprint density at radius 1 is 1.39 bits per heavy atom. The summed E-state index contributed by atoms with van der Waals surface area (Å²) in [6.07, 6.45) is 3.76. The third kappa shape index (κ3) is 4.94.